The lowest BCUT2D eigenvalue weighted by molar-refractivity contribution is -0.191. The molecule has 0 aromatic carbocycles. The van der Waals surface area contributed by atoms with E-state index in [0.29, 0.717) is 25.7 Å². The van der Waals surface area contributed by atoms with Crippen LogP contribution in [0.25, 0.3) is 0 Å². The van der Waals surface area contributed by atoms with E-state index in [4.69, 9.17) is 23.7 Å². The van der Waals surface area contributed by atoms with Gasteiger partial charge in [0.2, 0.25) is 28.6 Å². The zero-order chi connectivity index (χ0) is 92.8. The molecule has 10 fully saturated rings. The molecule has 12 unspecified atom stereocenters. The number of esters is 8. The Hall–Kier alpha value is -6.09. The third kappa shape index (κ3) is 16.1. The standard InChI is InChI=1S/C14H18F4O7S.C14H19F3O7S.C13H17F3O7S.C12H18F2O7S2.C11H14F2O7S/c1-10(2)11(3)4-5-12(10,25-8(11)19)9(20)24-7-6-13(15,16)14(17,18)26(21,22)23;1-11(2)12(3)5-6-13(11,24-9(12)18)10(19)23-7-4-8(15)14(16,17)25(20,21)22;1-10(2)11(3)4-5-12(10,23-8(11)17)9(18)22-6-7(14)13(15,16)24(19,20)21;1-10(2)8-3-4-11(10,9(15)5-8)7-22(16,17)21-6-12(13,14)23(18,19)20;1-9(2)6-3-4-10(9,20-7(6)14)8(15)19-5-11(12,13)21(16,17)18/h4-7H2,1-3H3,(H,21,22,23);8H,4-7H2,1-3H3,(H,20,21,22);7H,4-6H2,1-3H3,(H,19,20,21);8H,3-7H2,1-2H3,(H,18,19,20);6H,3-5H2,1-2H3,(H,16,17,18)/p-5. The average molecular weight is 1870 g/mol. The van der Waals surface area contributed by atoms with E-state index >= 15 is 0 Å². The molecule has 4 saturated heterocycles. The first-order chi connectivity index (χ1) is 52.7. The van der Waals surface area contributed by atoms with Crippen LogP contribution in [0.2, 0.25) is 0 Å². The molecular weight excluding hydrogens is 1790 g/mol. The van der Waals surface area contributed by atoms with E-state index in [9.17, 15) is 178 Å². The van der Waals surface area contributed by atoms with Crippen molar-refractivity contribution < 1.29 is 220 Å². The lowest BCUT2D eigenvalue weighted by Crippen LogP contribution is -2.50. The molecule has 12 atom stereocenters. The largest absolute Gasteiger partial charge is 0.743 e. The van der Waals surface area contributed by atoms with E-state index in [-0.39, 0.29) is 56.6 Å². The number of hydrogen-bond donors (Lipinski definition) is 0. The number of halogens is 14. The maximum absolute atomic E-state index is 13.4. The molecule has 6 aliphatic carbocycles. The van der Waals surface area contributed by atoms with Gasteiger partial charge in [-0.15, -0.1) is 0 Å². The number of carbonyl (C=O) groups excluding carboxylic acids is 9. The predicted octanol–water partition coefficient (Wildman–Crippen LogP) is 5.73. The van der Waals surface area contributed by atoms with Gasteiger partial charge in [-0.05, 0) is 96.3 Å². The first-order valence-electron chi connectivity index (χ1n) is 35.1. The van der Waals surface area contributed by atoms with Gasteiger partial charge in [0.25, 0.3) is 10.1 Å². The summed E-state index contributed by atoms with van der Waals surface area (Å²) in [6.07, 6.45) is -7.06. The second-order valence-electron chi connectivity index (χ2n) is 33.5. The van der Waals surface area contributed by atoms with E-state index in [0.717, 1.165) is 0 Å². The lowest BCUT2D eigenvalue weighted by Gasteiger charge is -2.35. The number of alkyl halides is 14. The number of ether oxygens (including phenoxy) is 8. The van der Waals surface area contributed by atoms with Crippen LogP contribution >= 0.6 is 0 Å². The molecule has 0 amide bonds. The highest BCUT2D eigenvalue weighted by Crippen LogP contribution is 2.69. The summed E-state index contributed by atoms with van der Waals surface area (Å²) in [6, 6.07) is 0. The minimum Gasteiger partial charge on any atom is -0.743 e. The van der Waals surface area contributed by atoms with Crippen LogP contribution in [0.3, 0.4) is 0 Å². The van der Waals surface area contributed by atoms with Gasteiger partial charge in [-0.25, -0.2) is 70.0 Å². The van der Waals surface area contributed by atoms with Crippen molar-refractivity contribution in [2.75, 3.05) is 38.8 Å². The smallest absolute Gasteiger partial charge is 0.396 e. The van der Waals surface area contributed by atoms with Crippen molar-refractivity contribution in [2.24, 2.45) is 60.6 Å². The Morgan fingerprint density at radius 2 is 0.807 bits per heavy atom. The van der Waals surface area contributed by atoms with Crippen molar-refractivity contribution in [1.29, 1.82) is 0 Å². The average Bonchev–Trinajstić information content (AvgIpc) is 1.54. The van der Waals surface area contributed by atoms with E-state index in [1.54, 1.807) is 90.0 Å². The Balaban J connectivity index is 0.000000231. The summed E-state index contributed by atoms with van der Waals surface area (Å²) in [5.74, 6) is -14.0. The predicted molar refractivity (Wildman–Crippen MR) is 354 cm³/mol. The number of ketones is 1. The van der Waals surface area contributed by atoms with Crippen LogP contribution in [0.5, 0.6) is 0 Å². The molecule has 0 aromatic rings. The van der Waals surface area contributed by atoms with Gasteiger partial charge in [0.15, 0.2) is 63.4 Å². The van der Waals surface area contributed by atoms with Crippen LogP contribution in [0.1, 0.15) is 173 Å². The summed E-state index contributed by atoms with van der Waals surface area (Å²) in [6.45, 7) is 13.2. The van der Waals surface area contributed by atoms with Crippen molar-refractivity contribution >= 4 is 114 Å². The Labute approximate surface area is 670 Å². The minimum atomic E-state index is -6.61. The fraction of sp³-hybridized carbons (Fsp3) is 0.859. The molecule has 10 aliphatic rings. The van der Waals surface area contributed by atoms with Gasteiger partial charge in [-0.3, -0.25) is 28.2 Å². The summed E-state index contributed by atoms with van der Waals surface area (Å²) in [5.41, 5.74) is -15.5. The third-order valence-electron chi connectivity index (χ3n) is 26.6. The molecule has 10 bridgehead atoms. The highest BCUT2D eigenvalue weighted by molar-refractivity contribution is 7.88. The van der Waals surface area contributed by atoms with Crippen molar-refractivity contribution in [3.63, 3.8) is 0 Å². The molecule has 686 valence electrons. The Morgan fingerprint density at radius 3 is 1.12 bits per heavy atom. The van der Waals surface area contributed by atoms with Gasteiger partial charge >= 0.3 is 79.9 Å². The van der Waals surface area contributed by atoms with Crippen molar-refractivity contribution in [3.8, 4) is 0 Å². The van der Waals surface area contributed by atoms with Crippen molar-refractivity contribution in [2.45, 2.75) is 240 Å². The second kappa shape index (κ2) is 30.9. The molecular formula is C64H81F14O35S6-5. The molecule has 0 spiro atoms. The molecule has 4 heterocycles. The number of fused-ring (bicyclic) bond motifs is 10. The van der Waals surface area contributed by atoms with Gasteiger partial charge in [-0.2, -0.15) is 61.1 Å². The maximum Gasteiger partial charge on any atom is 0.396 e. The van der Waals surface area contributed by atoms with Gasteiger partial charge in [0.1, 0.15) is 19.0 Å². The summed E-state index contributed by atoms with van der Waals surface area (Å²) < 4.78 is 406. The zero-order valence-electron chi connectivity index (χ0n) is 64.8. The monoisotopic (exact) mass is 1870 g/mol. The van der Waals surface area contributed by atoms with Crippen LogP contribution in [0.4, 0.5) is 61.5 Å². The quantitative estimate of drug-likeness (QED) is 0.0311. The molecule has 55 heteroatoms. The van der Waals surface area contributed by atoms with E-state index < -0.39 is 282 Å². The van der Waals surface area contributed by atoms with Crippen LogP contribution in [-0.4, -0.2) is 233 Å². The molecule has 35 nitrogen and oxygen atoms in total. The zero-order valence-corrected chi connectivity index (χ0v) is 69.7. The summed E-state index contributed by atoms with van der Waals surface area (Å²) in [4.78, 5) is 109. The van der Waals surface area contributed by atoms with Gasteiger partial charge < -0.3 is 60.7 Å². The number of hydrogen-bond acceptors (Lipinski definition) is 35. The van der Waals surface area contributed by atoms with Gasteiger partial charge in [0, 0.05) is 34.5 Å². The Kier molecular flexibility index (Phi) is 26.5. The summed E-state index contributed by atoms with van der Waals surface area (Å²) >= 11 is 0. The highest BCUT2D eigenvalue weighted by atomic mass is 32.2. The summed E-state index contributed by atoms with van der Waals surface area (Å²) in [7, 11) is -35.6. The molecule has 4 aliphatic heterocycles. The van der Waals surface area contributed by atoms with Crippen LogP contribution in [-0.2, 0) is 146 Å². The van der Waals surface area contributed by atoms with Crippen LogP contribution in [0.15, 0.2) is 0 Å². The second-order valence-corrected chi connectivity index (χ2v) is 42.5. The first-order valence-corrected chi connectivity index (χ1v) is 43.7. The minimum absolute atomic E-state index is 0.0219. The van der Waals surface area contributed by atoms with Crippen LogP contribution in [0, 0.1) is 60.6 Å². The van der Waals surface area contributed by atoms with Crippen LogP contribution < -0.4 is 0 Å². The molecule has 0 N–H and O–H groups in total. The maximum atomic E-state index is 13.4. The van der Waals surface area contributed by atoms with Gasteiger partial charge in [0.05, 0.1) is 53.0 Å². The van der Waals surface area contributed by atoms with E-state index in [1.165, 1.54) is 0 Å². The van der Waals surface area contributed by atoms with E-state index in [1.807, 2.05) is 0 Å². The molecule has 119 heavy (non-hydrogen) atoms. The number of Topliss-reactive ketones (excluding diaryl/α,β-unsaturated/α-hetero) is 1. The molecule has 10 rings (SSSR count). The number of rotatable bonds is 27. The van der Waals surface area contributed by atoms with Gasteiger partial charge in [-0.1, -0.05) is 69.2 Å². The van der Waals surface area contributed by atoms with Crippen molar-refractivity contribution in [1.82, 2.24) is 0 Å². The van der Waals surface area contributed by atoms with Crippen molar-refractivity contribution in [3.05, 3.63) is 0 Å². The SMILES string of the molecule is CC1(C)C2CCC1(C(=O)OCC(F)(F)S(=O)(=O)[O-])OC2=O.CC1(C)C2CCC1(CS(=O)(=O)OCC(F)(F)S(=O)(=O)[O-])C(=O)C2.CC12CCC(C(=O)OCC(F)C(F)(F)S(=O)(=O)[O-])(OC1=O)C2(C)C.CC12CCC(C(=O)OCCC(F)(F)C(F)(F)S(=O)(=O)[O-])(OC1=O)C2(C)C.CC12CCC(C(=O)OCCC(F)C(F)(F)S(=O)(=O)[O-])(OC1=O)C2(C)C. The molecule has 6 saturated carbocycles. The first kappa shape index (κ1) is 102. The Morgan fingerprint density at radius 1 is 0.437 bits per heavy atom. The Bertz CT molecular complexity index is 4850. The molecule has 0 radical (unpaired) electrons. The fourth-order valence-electron chi connectivity index (χ4n) is 16.6. The fourth-order valence-corrected chi connectivity index (χ4v) is 20.1. The number of carbonyl (C=O) groups is 9. The highest BCUT2D eigenvalue weighted by Gasteiger charge is 2.80. The topological polar surface area (TPSA) is 557 Å². The summed E-state index contributed by atoms with van der Waals surface area (Å²) in [5, 5.41) is -25.8. The third-order valence-corrected chi connectivity index (χ3v) is 32.4. The molecule has 0 aromatic heterocycles. The normalized spacial score (nSPS) is 31.7. The lowest BCUT2D eigenvalue weighted by atomic mass is 9.66. The van der Waals surface area contributed by atoms with E-state index in [2.05, 4.69) is 18.4 Å².